The molecule has 0 saturated carbocycles. The van der Waals surface area contributed by atoms with Crippen molar-refractivity contribution < 1.29 is 4.39 Å². The predicted molar refractivity (Wildman–Crippen MR) is 59.7 cm³/mol. The van der Waals surface area contributed by atoms with Crippen LogP contribution in [0.15, 0.2) is 48.5 Å². The molecule has 0 amide bonds. The van der Waals surface area contributed by atoms with Crippen LogP contribution in [0.1, 0.15) is 5.56 Å². The molecule has 1 nitrogen and oxygen atoms in total. The molecule has 0 atom stereocenters. The minimum Gasteiger partial charge on any atom is -0.308 e. The maximum absolute atomic E-state index is 12.7. The zero-order valence-corrected chi connectivity index (χ0v) is 8.07. The van der Waals surface area contributed by atoms with Crippen molar-refractivity contribution in [3.8, 4) is 11.1 Å². The summed E-state index contributed by atoms with van der Waals surface area (Å²) in [5.74, 6) is -0.244. The third kappa shape index (κ3) is 1.94. The molecule has 0 aliphatic heterocycles. The van der Waals surface area contributed by atoms with E-state index in [1.54, 1.807) is 12.1 Å². The van der Waals surface area contributed by atoms with Crippen molar-refractivity contribution in [2.24, 2.45) is 0 Å². The van der Waals surface area contributed by atoms with Gasteiger partial charge in [-0.3, -0.25) is 0 Å². The van der Waals surface area contributed by atoms with Gasteiger partial charge >= 0.3 is 0 Å². The first-order chi connectivity index (χ1) is 7.31. The third-order valence-electron chi connectivity index (χ3n) is 2.27. The van der Waals surface area contributed by atoms with Gasteiger partial charge in [-0.15, -0.1) is 0 Å². The predicted octanol–water partition coefficient (Wildman–Crippen LogP) is 3.49. The second kappa shape index (κ2) is 4.05. The van der Waals surface area contributed by atoms with Gasteiger partial charge in [0.25, 0.3) is 0 Å². The van der Waals surface area contributed by atoms with Gasteiger partial charge in [0, 0.05) is 6.21 Å². The van der Waals surface area contributed by atoms with Crippen LogP contribution in [0.2, 0.25) is 0 Å². The zero-order chi connectivity index (χ0) is 10.7. The normalized spacial score (nSPS) is 9.93. The molecule has 0 unspecified atom stereocenters. The van der Waals surface area contributed by atoms with Crippen LogP contribution in [0.4, 0.5) is 4.39 Å². The van der Waals surface area contributed by atoms with E-state index < -0.39 is 0 Å². The molecule has 0 aliphatic carbocycles. The maximum Gasteiger partial charge on any atom is 0.123 e. The van der Waals surface area contributed by atoms with E-state index in [1.165, 1.54) is 18.3 Å². The number of hydrogen-bond donors (Lipinski definition) is 1. The molecule has 0 aliphatic rings. The van der Waals surface area contributed by atoms with Crippen LogP contribution in [0.5, 0.6) is 0 Å². The fourth-order valence-electron chi connectivity index (χ4n) is 1.52. The van der Waals surface area contributed by atoms with Crippen molar-refractivity contribution in [3.63, 3.8) is 0 Å². The van der Waals surface area contributed by atoms with E-state index in [9.17, 15) is 4.39 Å². The largest absolute Gasteiger partial charge is 0.308 e. The molecule has 0 bridgehead atoms. The Morgan fingerprint density at radius 2 is 1.60 bits per heavy atom. The minimum atomic E-state index is -0.244. The molecule has 2 rings (SSSR count). The monoisotopic (exact) mass is 199 g/mol. The summed E-state index contributed by atoms with van der Waals surface area (Å²) in [4.78, 5) is 0. The van der Waals surface area contributed by atoms with E-state index in [0.717, 1.165) is 16.7 Å². The first kappa shape index (κ1) is 9.59. The third-order valence-corrected chi connectivity index (χ3v) is 2.27. The zero-order valence-electron chi connectivity index (χ0n) is 8.07. The number of nitrogens with one attached hydrogen (secondary N) is 1. The Morgan fingerprint density at radius 1 is 0.933 bits per heavy atom. The van der Waals surface area contributed by atoms with E-state index in [0.29, 0.717) is 0 Å². The molecule has 0 heterocycles. The first-order valence-corrected chi connectivity index (χ1v) is 4.67. The molecule has 2 aromatic carbocycles. The Hall–Kier alpha value is -1.96. The van der Waals surface area contributed by atoms with Crippen molar-refractivity contribution in [1.29, 1.82) is 5.41 Å². The van der Waals surface area contributed by atoms with Gasteiger partial charge in [0.05, 0.1) is 0 Å². The molecule has 0 saturated heterocycles. The second-order valence-electron chi connectivity index (χ2n) is 3.24. The maximum atomic E-state index is 12.7. The summed E-state index contributed by atoms with van der Waals surface area (Å²) in [6.07, 6.45) is 1.30. The van der Waals surface area contributed by atoms with Crippen LogP contribution in [0.25, 0.3) is 11.1 Å². The lowest BCUT2D eigenvalue weighted by Crippen LogP contribution is -1.86. The summed E-state index contributed by atoms with van der Waals surface area (Å²) >= 11 is 0. The Kier molecular flexibility index (Phi) is 2.59. The molecule has 2 aromatic rings. The molecule has 1 N–H and O–H groups in total. The SMILES string of the molecule is N=Cc1ccccc1-c1ccc(F)cc1. The molecule has 0 aromatic heterocycles. The second-order valence-corrected chi connectivity index (χ2v) is 3.24. The van der Waals surface area contributed by atoms with Crippen LogP contribution in [0, 0.1) is 11.2 Å². The summed E-state index contributed by atoms with van der Waals surface area (Å²) in [7, 11) is 0. The highest BCUT2D eigenvalue weighted by Crippen LogP contribution is 2.22. The lowest BCUT2D eigenvalue weighted by Gasteiger charge is -2.04. The fraction of sp³-hybridized carbons (Fsp3) is 0. The van der Waals surface area contributed by atoms with E-state index >= 15 is 0 Å². The summed E-state index contributed by atoms with van der Waals surface area (Å²) in [5.41, 5.74) is 2.71. The topological polar surface area (TPSA) is 23.9 Å². The molecule has 0 spiro atoms. The molecular formula is C13H10FN. The first-order valence-electron chi connectivity index (χ1n) is 4.67. The smallest absolute Gasteiger partial charge is 0.123 e. The molecular weight excluding hydrogens is 189 g/mol. The van der Waals surface area contributed by atoms with Crippen molar-refractivity contribution in [1.82, 2.24) is 0 Å². The van der Waals surface area contributed by atoms with Gasteiger partial charge in [-0.2, -0.15) is 0 Å². The van der Waals surface area contributed by atoms with Crippen LogP contribution < -0.4 is 0 Å². The van der Waals surface area contributed by atoms with E-state index in [2.05, 4.69) is 0 Å². The van der Waals surface area contributed by atoms with Gasteiger partial charge < -0.3 is 5.41 Å². The summed E-state index contributed by atoms with van der Waals surface area (Å²) in [6, 6.07) is 13.9. The summed E-state index contributed by atoms with van der Waals surface area (Å²) < 4.78 is 12.7. The van der Waals surface area contributed by atoms with Crippen LogP contribution in [-0.2, 0) is 0 Å². The Labute approximate surface area is 87.7 Å². The van der Waals surface area contributed by atoms with Gasteiger partial charge in [0.1, 0.15) is 5.82 Å². The Morgan fingerprint density at radius 3 is 2.27 bits per heavy atom. The van der Waals surface area contributed by atoms with Crippen molar-refractivity contribution in [2.45, 2.75) is 0 Å². The van der Waals surface area contributed by atoms with E-state index in [-0.39, 0.29) is 5.82 Å². The van der Waals surface area contributed by atoms with Gasteiger partial charge in [-0.25, -0.2) is 4.39 Å². The van der Waals surface area contributed by atoms with Crippen molar-refractivity contribution in [2.75, 3.05) is 0 Å². The average Bonchev–Trinajstić information content (AvgIpc) is 2.30. The Balaban J connectivity index is 2.53. The minimum absolute atomic E-state index is 0.244. The van der Waals surface area contributed by atoms with Crippen molar-refractivity contribution >= 4 is 6.21 Å². The van der Waals surface area contributed by atoms with Crippen LogP contribution >= 0.6 is 0 Å². The highest BCUT2D eigenvalue weighted by atomic mass is 19.1. The van der Waals surface area contributed by atoms with Crippen LogP contribution in [-0.4, -0.2) is 6.21 Å². The fourth-order valence-corrected chi connectivity index (χ4v) is 1.52. The highest BCUT2D eigenvalue weighted by Gasteiger charge is 2.01. The molecule has 74 valence electrons. The lowest BCUT2D eigenvalue weighted by molar-refractivity contribution is 0.628. The Bertz CT molecular complexity index is 474. The average molecular weight is 199 g/mol. The highest BCUT2D eigenvalue weighted by molar-refractivity contribution is 5.88. The van der Waals surface area contributed by atoms with E-state index in [4.69, 9.17) is 5.41 Å². The number of hydrogen-bond acceptors (Lipinski definition) is 1. The number of rotatable bonds is 2. The van der Waals surface area contributed by atoms with Gasteiger partial charge in [-0.05, 0) is 28.8 Å². The van der Waals surface area contributed by atoms with Gasteiger partial charge in [0.15, 0.2) is 0 Å². The van der Waals surface area contributed by atoms with Gasteiger partial charge in [-0.1, -0.05) is 36.4 Å². The number of benzene rings is 2. The summed E-state index contributed by atoms with van der Waals surface area (Å²) in [5, 5.41) is 7.28. The number of halogens is 1. The summed E-state index contributed by atoms with van der Waals surface area (Å²) in [6.45, 7) is 0. The van der Waals surface area contributed by atoms with Gasteiger partial charge in [0.2, 0.25) is 0 Å². The van der Waals surface area contributed by atoms with Crippen molar-refractivity contribution in [3.05, 3.63) is 59.9 Å². The lowest BCUT2D eigenvalue weighted by atomic mass is 10.0. The molecule has 0 radical (unpaired) electrons. The molecule has 0 fully saturated rings. The van der Waals surface area contributed by atoms with E-state index in [1.807, 2.05) is 24.3 Å². The molecule has 15 heavy (non-hydrogen) atoms. The quantitative estimate of drug-likeness (QED) is 0.716. The standard InChI is InChI=1S/C13H10FN/c14-12-7-5-10(6-8-12)13-4-2-1-3-11(13)9-15/h1-9,15H. The van der Waals surface area contributed by atoms with Crippen LogP contribution in [0.3, 0.4) is 0 Å². The molecule has 2 heteroatoms.